The lowest BCUT2D eigenvalue weighted by Crippen LogP contribution is -2.46. The Balaban J connectivity index is 1.49. The molecule has 114 valence electrons. The second-order valence-electron chi connectivity index (χ2n) is 5.58. The summed E-state index contributed by atoms with van der Waals surface area (Å²) in [7, 11) is 0. The van der Waals surface area contributed by atoms with E-state index in [0.717, 1.165) is 54.1 Å². The van der Waals surface area contributed by atoms with Gasteiger partial charge in [-0.2, -0.15) is 4.98 Å². The van der Waals surface area contributed by atoms with Crippen molar-refractivity contribution in [2.24, 2.45) is 0 Å². The van der Waals surface area contributed by atoms with Crippen LogP contribution in [0.1, 0.15) is 10.6 Å². The molecule has 3 aromatic rings. The van der Waals surface area contributed by atoms with Gasteiger partial charge in [0.15, 0.2) is 10.7 Å². The van der Waals surface area contributed by atoms with Crippen molar-refractivity contribution < 1.29 is 4.42 Å². The van der Waals surface area contributed by atoms with Gasteiger partial charge in [-0.1, -0.05) is 12.1 Å². The van der Waals surface area contributed by atoms with Crippen molar-refractivity contribution in [2.45, 2.75) is 13.8 Å². The van der Waals surface area contributed by atoms with Crippen molar-refractivity contribution >= 4 is 33.6 Å². The molecular weight excluding hydrogens is 296 g/mol. The molecule has 0 N–H and O–H groups in total. The molecule has 6 heteroatoms. The third kappa shape index (κ3) is 2.33. The minimum absolute atomic E-state index is 0.729. The first-order valence-electron chi connectivity index (χ1n) is 7.50. The number of anilines is 2. The van der Waals surface area contributed by atoms with Crippen LogP contribution >= 0.6 is 11.3 Å². The second-order valence-corrected chi connectivity index (χ2v) is 6.76. The van der Waals surface area contributed by atoms with E-state index >= 15 is 0 Å². The number of thiazole rings is 1. The van der Waals surface area contributed by atoms with Crippen LogP contribution in [0.15, 0.2) is 28.7 Å². The van der Waals surface area contributed by atoms with Gasteiger partial charge in [-0.25, -0.2) is 4.98 Å². The van der Waals surface area contributed by atoms with Gasteiger partial charge in [-0.15, -0.1) is 11.3 Å². The molecular formula is C16H18N4OS. The third-order valence-corrected chi connectivity index (χ3v) is 5.25. The smallest absolute Gasteiger partial charge is 0.298 e. The van der Waals surface area contributed by atoms with Crippen LogP contribution < -0.4 is 9.80 Å². The van der Waals surface area contributed by atoms with Crippen molar-refractivity contribution in [1.29, 1.82) is 0 Å². The summed E-state index contributed by atoms with van der Waals surface area (Å²) in [4.78, 5) is 15.1. The highest BCUT2D eigenvalue weighted by molar-refractivity contribution is 7.15. The fourth-order valence-electron chi connectivity index (χ4n) is 2.68. The zero-order valence-corrected chi connectivity index (χ0v) is 13.6. The number of hydrogen-bond donors (Lipinski definition) is 0. The molecule has 0 saturated carbocycles. The average Bonchev–Trinajstić information content (AvgIpc) is 3.11. The summed E-state index contributed by atoms with van der Waals surface area (Å²) >= 11 is 1.78. The van der Waals surface area contributed by atoms with Crippen LogP contribution in [-0.2, 0) is 0 Å². The molecule has 0 amide bonds. The molecule has 1 fully saturated rings. The van der Waals surface area contributed by atoms with Crippen LogP contribution in [0.2, 0.25) is 0 Å². The van der Waals surface area contributed by atoms with Gasteiger partial charge in [0.05, 0.1) is 5.69 Å². The van der Waals surface area contributed by atoms with E-state index in [0.29, 0.717) is 0 Å². The van der Waals surface area contributed by atoms with Crippen LogP contribution in [0, 0.1) is 13.8 Å². The zero-order valence-electron chi connectivity index (χ0n) is 12.7. The SMILES string of the molecule is Cc1nc(N2CCN(c3nc4ccccc4o3)CC2)sc1C. The largest absolute Gasteiger partial charge is 0.423 e. The lowest BCUT2D eigenvalue weighted by atomic mass is 10.3. The minimum Gasteiger partial charge on any atom is -0.423 e. The predicted molar refractivity (Wildman–Crippen MR) is 90.0 cm³/mol. The van der Waals surface area contributed by atoms with Gasteiger partial charge in [-0.05, 0) is 26.0 Å². The summed E-state index contributed by atoms with van der Waals surface area (Å²) in [6.45, 7) is 7.92. The summed E-state index contributed by atoms with van der Waals surface area (Å²) < 4.78 is 5.85. The minimum atomic E-state index is 0.729. The van der Waals surface area contributed by atoms with Crippen molar-refractivity contribution in [2.75, 3.05) is 36.0 Å². The normalized spacial score (nSPS) is 15.7. The first-order chi connectivity index (χ1) is 10.7. The Labute approximate surface area is 133 Å². The average molecular weight is 314 g/mol. The fraction of sp³-hybridized carbons (Fsp3) is 0.375. The van der Waals surface area contributed by atoms with Crippen molar-refractivity contribution in [3.05, 3.63) is 34.8 Å². The summed E-state index contributed by atoms with van der Waals surface area (Å²) in [6, 6.07) is 8.64. The molecule has 3 heterocycles. The molecule has 1 saturated heterocycles. The Hall–Kier alpha value is -2.08. The highest BCUT2D eigenvalue weighted by Gasteiger charge is 2.23. The highest BCUT2D eigenvalue weighted by Crippen LogP contribution is 2.27. The lowest BCUT2D eigenvalue weighted by molar-refractivity contribution is 0.541. The molecule has 0 atom stereocenters. The first kappa shape index (κ1) is 13.6. The number of fused-ring (bicyclic) bond motifs is 1. The standard InChI is InChI=1S/C16H18N4OS/c1-11-12(2)22-16(17-11)20-9-7-19(8-10-20)15-18-13-5-3-4-6-14(13)21-15/h3-6H,7-10H2,1-2H3. The van der Waals surface area contributed by atoms with Gasteiger partial charge < -0.3 is 14.2 Å². The Kier molecular flexibility index (Phi) is 3.26. The first-order valence-corrected chi connectivity index (χ1v) is 8.32. The quantitative estimate of drug-likeness (QED) is 0.727. The van der Waals surface area contributed by atoms with E-state index in [9.17, 15) is 0 Å². The Morgan fingerprint density at radius 2 is 1.73 bits per heavy atom. The highest BCUT2D eigenvalue weighted by atomic mass is 32.1. The van der Waals surface area contributed by atoms with Gasteiger partial charge >= 0.3 is 0 Å². The molecule has 1 aliphatic rings. The molecule has 1 aromatic carbocycles. The Morgan fingerprint density at radius 3 is 2.41 bits per heavy atom. The maximum Gasteiger partial charge on any atom is 0.298 e. The van der Waals surface area contributed by atoms with Gasteiger partial charge in [0.2, 0.25) is 0 Å². The molecule has 5 nitrogen and oxygen atoms in total. The molecule has 4 rings (SSSR count). The van der Waals surface area contributed by atoms with Crippen LogP contribution in [-0.4, -0.2) is 36.1 Å². The molecule has 0 spiro atoms. The maximum atomic E-state index is 5.85. The van der Waals surface area contributed by atoms with Crippen LogP contribution in [0.4, 0.5) is 11.1 Å². The van der Waals surface area contributed by atoms with Crippen LogP contribution in [0.5, 0.6) is 0 Å². The fourth-order valence-corrected chi connectivity index (χ4v) is 3.64. The van der Waals surface area contributed by atoms with Gasteiger partial charge in [0.25, 0.3) is 6.01 Å². The van der Waals surface area contributed by atoms with E-state index in [-0.39, 0.29) is 0 Å². The predicted octanol–water partition coefficient (Wildman–Crippen LogP) is 3.23. The second kappa shape index (κ2) is 5.28. The van der Waals surface area contributed by atoms with Crippen LogP contribution in [0.25, 0.3) is 11.1 Å². The molecule has 0 bridgehead atoms. The number of hydrogen-bond acceptors (Lipinski definition) is 6. The molecule has 0 aliphatic carbocycles. The van der Waals surface area contributed by atoms with E-state index in [1.54, 1.807) is 11.3 Å². The number of rotatable bonds is 2. The number of piperazine rings is 1. The van der Waals surface area contributed by atoms with E-state index in [1.807, 2.05) is 24.3 Å². The van der Waals surface area contributed by atoms with Crippen LogP contribution in [0.3, 0.4) is 0 Å². The van der Waals surface area contributed by atoms with Crippen molar-refractivity contribution in [1.82, 2.24) is 9.97 Å². The third-order valence-electron chi connectivity index (χ3n) is 4.12. The topological polar surface area (TPSA) is 45.4 Å². The van der Waals surface area contributed by atoms with E-state index < -0.39 is 0 Å². The molecule has 1 aliphatic heterocycles. The summed E-state index contributed by atoms with van der Waals surface area (Å²) in [6.07, 6.45) is 0. The zero-order chi connectivity index (χ0) is 15.1. The van der Waals surface area contributed by atoms with E-state index in [1.165, 1.54) is 4.88 Å². The maximum absolute atomic E-state index is 5.85. The number of para-hydroxylation sites is 2. The van der Waals surface area contributed by atoms with E-state index in [2.05, 4.69) is 33.6 Å². The van der Waals surface area contributed by atoms with Gasteiger partial charge in [0.1, 0.15) is 5.52 Å². The van der Waals surface area contributed by atoms with Crippen molar-refractivity contribution in [3.8, 4) is 0 Å². The van der Waals surface area contributed by atoms with E-state index in [4.69, 9.17) is 4.42 Å². The number of aryl methyl sites for hydroxylation is 2. The molecule has 0 radical (unpaired) electrons. The summed E-state index contributed by atoms with van der Waals surface area (Å²) in [5.74, 6) is 0. The van der Waals surface area contributed by atoms with Crippen molar-refractivity contribution in [3.63, 3.8) is 0 Å². The molecule has 22 heavy (non-hydrogen) atoms. The number of oxazole rings is 1. The Morgan fingerprint density at radius 1 is 1.00 bits per heavy atom. The molecule has 0 unspecified atom stereocenters. The van der Waals surface area contributed by atoms with Gasteiger partial charge in [-0.3, -0.25) is 0 Å². The number of aromatic nitrogens is 2. The monoisotopic (exact) mass is 314 g/mol. The number of benzene rings is 1. The Bertz CT molecular complexity index is 749. The van der Waals surface area contributed by atoms with Gasteiger partial charge in [0, 0.05) is 31.1 Å². The summed E-state index contributed by atoms with van der Waals surface area (Å²) in [5.41, 5.74) is 2.92. The number of nitrogens with zero attached hydrogens (tertiary/aromatic N) is 4. The lowest BCUT2D eigenvalue weighted by Gasteiger charge is -2.33. The molecule has 2 aromatic heterocycles. The summed E-state index contributed by atoms with van der Waals surface area (Å²) in [5, 5.41) is 1.13.